The molecule has 3 nitrogen and oxygen atoms in total. The zero-order valence-electron chi connectivity index (χ0n) is 13.6. The Morgan fingerprint density at radius 1 is 1.05 bits per heavy atom. The van der Waals surface area contributed by atoms with E-state index in [9.17, 15) is 0 Å². The molecule has 0 bridgehead atoms. The highest BCUT2D eigenvalue weighted by atomic mass is 16.5. The molecular formula is C18H26N2O. The summed E-state index contributed by atoms with van der Waals surface area (Å²) < 4.78 is 7.77. The molecular weight excluding hydrogens is 260 g/mol. The summed E-state index contributed by atoms with van der Waals surface area (Å²) in [6, 6.07) is 10.7. The Morgan fingerprint density at radius 2 is 1.71 bits per heavy atom. The third-order valence-corrected chi connectivity index (χ3v) is 4.09. The molecule has 114 valence electrons. The fourth-order valence-electron chi connectivity index (χ4n) is 2.53. The summed E-state index contributed by atoms with van der Waals surface area (Å²) in [5, 5.41) is 3.55. The highest BCUT2D eigenvalue weighted by Crippen LogP contribution is 2.14. The SMILES string of the molecule is CCOCc1ccccc1CNCc1cc(C)n(C)c1C. The summed E-state index contributed by atoms with van der Waals surface area (Å²) in [6.07, 6.45) is 0. The van der Waals surface area contributed by atoms with E-state index in [1.54, 1.807) is 0 Å². The fourth-order valence-corrected chi connectivity index (χ4v) is 2.53. The van der Waals surface area contributed by atoms with Crippen LogP contribution in [0, 0.1) is 13.8 Å². The summed E-state index contributed by atoms with van der Waals surface area (Å²) in [5.74, 6) is 0. The van der Waals surface area contributed by atoms with Crippen molar-refractivity contribution in [3.05, 3.63) is 58.4 Å². The molecule has 0 fully saturated rings. The van der Waals surface area contributed by atoms with Gasteiger partial charge in [-0.15, -0.1) is 0 Å². The second-order valence-corrected chi connectivity index (χ2v) is 5.46. The van der Waals surface area contributed by atoms with E-state index >= 15 is 0 Å². The molecule has 2 rings (SSSR count). The van der Waals surface area contributed by atoms with E-state index in [1.165, 1.54) is 28.1 Å². The molecule has 0 atom stereocenters. The lowest BCUT2D eigenvalue weighted by Crippen LogP contribution is -2.14. The number of ether oxygens (including phenoxy) is 1. The van der Waals surface area contributed by atoms with E-state index in [2.05, 4.69) is 61.1 Å². The normalized spacial score (nSPS) is 11.0. The Kier molecular flexibility index (Phi) is 5.59. The lowest BCUT2D eigenvalue weighted by molar-refractivity contribution is 0.133. The minimum absolute atomic E-state index is 0.692. The second kappa shape index (κ2) is 7.43. The van der Waals surface area contributed by atoms with Crippen LogP contribution in [0.4, 0.5) is 0 Å². The van der Waals surface area contributed by atoms with Crippen LogP contribution in [0.15, 0.2) is 30.3 Å². The van der Waals surface area contributed by atoms with Gasteiger partial charge in [0.2, 0.25) is 0 Å². The Morgan fingerprint density at radius 3 is 2.33 bits per heavy atom. The van der Waals surface area contributed by atoms with Crippen LogP contribution in [0.2, 0.25) is 0 Å². The lowest BCUT2D eigenvalue weighted by atomic mass is 10.1. The third-order valence-electron chi connectivity index (χ3n) is 4.09. The second-order valence-electron chi connectivity index (χ2n) is 5.46. The van der Waals surface area contributed by atoms with Gasteiger partial charge in [0.15, 0.2) is 0 Å². The number of nitrogens with one attached hydrogen (secondary N) is 1. The standard InChI is InChI=1S/C18H26N2O/c1-5-21-13-17-9-7-6-8-16(17)11-19-12-18-10-14(2)20(4)15(18)3/h6-10,19H,5,11-13H2,1-4H3. The Balaban J connectivity index is 1.95. The lowest BCUT2D eigenvalue weighted by Gasteiger charge is -2.11. The zero-order valence-corrected chi connectivity index (χ0v) is 13.6. The van der Waals surface area contributed by atoms with E-state index < -0.39 is 0 Å². The largest absolute Gasteiger partial charge is 0.377 e. The van der Waals surface area contributed by atoms with Crippen LogP contribution in [0.3, 0.4) is 0 Å². The van der Waals surface area contributed by atoms with E-state index in [1.807, 2.05) is 6.92 Å². The first-order valence-corrected chi connectivity index (χ1v) is 7.60. The molecule has 21 heavy (non-hydrogen) atoms. The molecule has 3 heteroatoms. The highest BCUT2D eigenvalue weighted by molar-refractivity contribution is 5.28. The molecule has 1 N–H and O–H groups in total. The smallest absolute Gasteiger partial charge is 0.0719 e. The van der Waals surface area contributed by atoms with Crippen LogP contribution in [-0.2, 0) is 31.5 Å². The molecule has 0 saturated heterocycles. The number of rotatable bonds is 7. The summed E-state index contributed by atoms with van der Waals surface area (Å²) in [6.45, 7) is 9.57. The van der Waals surface area contributed by atoms with Gasteiger partial charge in [-0.05, 0) is 43.5 Å². The van der Waals surface area contributed by atoms with Gasteiger partial charge >= 0.3 is 0 Å². The van der Waals surface area contributed by atoms with Gasteiger partial charge in [0, 0.05) is 38.1 Å². The summed E-state index contributed by atoms with van der Waals surface area (Å²) >= 11 is 0. The maximum absolute atomic E-state index is 5.53. The maximum Gasteiger partial charge on any atom is 0.0719 e. The van der Waals surface area contributed by atoms with Gasteiger partial charge in [0.1, 0.15) is 0 Å². The van der Waals surface area contributed by atoms with Gasteiger partial charge < -0.3 is 14.6 Å². The van der Waals surface area contributed by atoms with Crippen molar-refractivity contribution < 1.29 is 4.74 Å². The minimum Gasteiger partial charge on any atom is -0.377 e. The predicted molar refractivity (Wildman–Crippen MR) is 87.2 cm³/mol. The minimum atomic E-state index is 0.692. The number of hydrogen-bond acceptors (Lipinski definition) is 2. The van der Waals surface area contributed by atoms with Crippen LogP contribution in [0.1, 0.15) is 35.0 Å². The number of hydrogen-bond donors (Lipinski definition) is 1. The molecule has 1 heterocycles. The quantitative estimate of drug-likeness (QED) is 0.843. The van der Waals surface area contributed by atoms with Crippen molar-refractivity contribution in [1.82, 2.24) is 9.88 Å². The average Bonchev–Trinajstić information content (AvgIpc) is 2.74. The van der Waals surface area contributed by atoms with E-state index in [0.717, 1.165) is 19.7 Å². The number of aromatic nitrogens is 1. The Bertz CT molecular complexity index is 587. The van der Waals surface area contributed by atoms with Crippen LogP contribution < -0.4 is 5.32 Å². The average molecular weight is 286 g/mol. The van der Waals surface area contributed by atoms with Gasteiger partial charge in [-0.25, -0.2) is 0 Å². The van der Waals surface area contributed by atoms with Crippen molar-refractivity contribution in [3.8, 4) is 0 Å². The fraction of sp³-hybridized carbons (Fsp3) is 0.444. The van der Waals surface area contributed by atoms with Crippen molar-refractivity contribution in [2.75, 3.05) is 6.61 Å². The Labute approximate surface area is 127 Å². The van der Waals surface area contributed by atoms with Crippen molar-refractivity contribution in [2.24, 2.45) is 7.05 Å². The van der Waals surface area contributed by atoms with E-state index in [0.29, 0.717) is 6.61 Å². The first-order valence-electron chi connectivity index (χ1n) is 7.60. The van der Waals surface area contributed by atoms with Gasteiger partial charge in [-0.1, -0.05) is 24.3 Å². The molecule has 1 aromatic carbocycles. The van der Waals surface area contributed by atoms with E-state index in [-0.39, 0.29) is 0 Å². The van der Waals surface area contributed by atoms with Crippen molar-refractivity contribution >= 4 is 0 Å². The number of benzene rings is 1. The molecule has 0 aliphatic heterocycles. The zero-order chi connectivity index (χ0) is 15.2. The topological polar surface area (TPSA) is 26.2 Å². The van der Waals surface area contributed by atoms with Crippen molar-refractivity contribution in [3.63, 3.8) is 0 Å². The molecule has 0 radical (unpaired) electrons. The van der Waals surface area contributed by atoms with Crippen molar-refractivity contribution in [2.45, 2.75) is 40.5 Å². The van der Waals surface area contributed by atoms with Crippen LogP contribution >= 0.6 is 0 Å². The van der Waals surface area contributed by atoms with Crippen LogP contribution in [-0.4, -0.2) is 11.2 Å². The summed E-state index contributed by atoms with van der Waals surface area (Å²) in [7, 11) is 2.12. The summed E-state index contributed by atoms with van der Waals surface area (Å²) in [4.78, 5) is 0. The molecule has 0 amide bonds. The molecule has 0 aliphatic carbocycles. The van der Waals surface area contributed by atoms with E-state index in [4.69, 9.17) is 4.74 Å². The molecule has 0 saturated carbocycles. The Hall–Kier alpha value is -1.58. The van der Waals surface area contributed by atoms with Gasteiger partial charge in [-0.3, -0.25) is 0 Å². The number of nitrogens with zero attached hydrogens (tertiary/aromatic N) is 1. The molecule has 1 aromatic heterocycles. The predicted octanol–water partition coefficient (Wildman–Crippen LogP) is 3.47. The van der Waals surface area contributed by atoms with Gasteiger partial charge in [-0.2, -0.15) is 0 Å². The monoisotopic (exact) mass is 286 g/mol. The maximum atomic E-state index is 5.53. The molecule has 0 spiro atoms. The number of aryl methyl sites for hydroxylation is 1. The van der Waals surface area contributed by atoms with Crippen molar-refractivity contribution in [1.29, 1.82) is 0 Å². The molecule has 0 unspecified atom stereocenters. The first kappa shape index (κ1) is 15.8. The molecule has 2 aromatic rings. The first-order chi connectivity index (χ1) is 10.1. The van der Waals surface area contributed by atoms with Crippen LogP contribution in [0.25, 0.3) is 0 Å². The van der Waals surface area contributed by atoms with Gasteiger partial charge in [0.25, 0.3) is 0 Å². The van der Waals surface area contributed by atoms with Crippen LogP contribution in [0.5, 0.6) is 0 Å². The third kappa shape index (κ3) is 3.96. The molecule has 0 aliphatic rings. The summed E-state index contributed by atoms with van der Waals surface area (Å²) in [5.41, 5.74) is 6.60. The van der Waals surface area contributed by atoms with Gasteiger partial charge in [0.05, 0.1) is 6.61 Å². The highest BCUT2D eigenvalue weighted by Gasteiger charge is 2.06.